The molecule has 0 saturated carbocycles. The van der Waals surface area contributed by atoms with Crippen molar-refractivity contribution in [3.8, 4) is 0 Å². The number of carbonyl (C=O) groups excluding carboxylic acids is 1. The van der Waals surface area contributed by atoms with Crippen molar-refractivity contribution in [2.24, 2.45) is 0 Å². The molecular formula is C14H21N3OS. The molecule has 5 heteroatoms. The summed E-state index contributed by atoms with van der Waals surface area (Å²) < 4.78 is 0. The first-order valence-electron chi connectivity index (χ1n) is 7.10. The van der Waals surface area contributed by atoms with Crippen LogP contribution in [0.1, 0.15) is 35.9 Å². The Morgan fingerprint density at radius 1 is 1.47 bits per heavy atom. The highest BCUT2D eigenvalue weighted by molar-refractivity contribution is 7.18. The lowest BCUT2D eigenvalue weighted by Crippen LogP contribution is -2.49. The molecule has 3 rings (SSSR count). The normalized spacial score (nSPS) is 23.6. The first kappa shape index (κ1) is 12.9. The fourth-order valence-electron chi connectivity index (χ4n) is 3.12. The molecule has 1 aromatic rings. The Morgan fingerprint density at radius 2 is 2.32 bits per heavy atom. The quantitative estimate of drug-likeness (QED) is 0.862. The van der Waals surface area contributed by atoms with Crippen LogP contribution in [0.2, 0.25) is 0 Å². The first-order valence-corrected chi connectivity index (χ1v) is 7.92. The molecule has 0 radical (unpaired) electrons. The van der Waals surface area contributed by atoms with Crippen LogP contribution in [0.15, 0.2) is 6.07 Å². The highest BCUT2D eigenvalue weighted by Gasteiger charge is 2.31. The van der Waals surface area contributed by atoms with Gasteiger partial charge in [0.2, 0.25) is 0 Å². The van der Waals surface area contributed by atoms with Crippen molar-refractivity contribution in [2.45, 2.75) is 32.2 Å². The van der Waals surface area contributed by atoms with Crippen LogP contribution in [0.4, 0.5) is 10.7 Å². The molecule has 2 fully saturated rings. The van der Waals surface area contributed by atoms with E-state index in [9.17, 15) is 4.79 Å². The van der Waals surface area contributed by atoms with Crippen molar-refractivity contribution >= 4 is 27.8 Å². The topological polar surface area (TPSA) is 49.6 Å². The van der Waals surface area contributed by atoms with Gasteiger partial charge in [-0.1, -0.05) is 6.92 Å². The zero-order valence-corrected chi connectivity index (χ0v) is 12.2. The molecule has 3 heterocycles. The van der Waals surface area contributed by atoms with Gasteiger partial charge in [0, 0.05) is 32.1 Å². The number of piperazine rings is 1. The van der Waals surface area contributed by atoms with Gasteiger partial charge in [-0.25, -0.2) is 0 Å². The van der Waals surface area contributed by atoms with Crippen LogP contribution in [0.25, 0.3) is 0 Å². The SMILES string of the molecule is CCC(=O)c1sc(N2CCN3CCCC3C2)cc1N. The van der Waals surface area contributed by atoms with Crippen LogP contribution in [-0.2, 0) is 0 Å². The molecule has 104 valence electrons. The second kappa shape index (κ2) is 5.13. The van der Waals surface area contributed by atoms with Gasteiger partial charge in [-0.05, 0) is 25.5 Å². The van der Waals surface area contributed by atoms with E-state index in [-0.39, 0.29) is 5.78 Å². The Morgan fingerprint density at radius 3 is 3.11 bits per heavy atom. The summed E-state index contributed by atoms with van der Waals surface area (Å²) in [6.45, 7) is 6.42. The van der Waals surface area contributed by atoms with Crippen LogP contribution >= 0.6 is 11.3 Å². The lowest BCUT2D eigenvalue weighted by molar-refractivity contribution is 0.0993. The van der Waals surface area contributed by atoms with Crippen molar-refractivity contribution in [1.82, 2.24) is 4.90 Å². The Bertz CT molecular complexity index is 485. The summed E-state index contributed by atoms with van der Waals surface area (Å²) in [7, 11) is 0. The second-order valence-electron chi connectivity index (χ2n) is 5.42. The van der Waals surface area contributed by atoms with Gasteiger partial charge in [-0.15, -0.1) is 11.3 Å². The van der Waals surface area contributed by atoms with Gasteiger partial charge in [0.1, 0.15) is 0 Å². The predicted octanol–water partition coefficient (Wildman–Crippen LogP) is 2.21. The largest absolute Gasteiger partial charge is 0.397 e. The fourth-order valence-corrected chi connectivity index (χ4v) is 4.24. The summed E-state index contributed by atoms with van der Waals surface area (Å²) in [5.74, 6) is 0.160. The molecule has 1 unspecified atom stereocenters. The van der Waals surface area contributed by atoms with Crippen molar-refractivity contribution in [3.63, 3.8) is 0 Å². The van der Waals surface area contributed by atoms with Gasteiger partial charge < -0.3 is 10.6 Å². The summed E-state index contributed by atoms with van der Waals surface area (Å²) in [4.78, 5) is 17.6. The number of hydrogen-bond donors (Lipinski definition) is 1. The maximum atomic E-state index is 11.8. The molecule has 2 N–H and O–H groups in total. The predicted molar refractivity (Wildman–Crippen MR) is 80.2 cm³/mol. The third kappa shape index (κ3) is 2.37. The Labute approximate surface area is 118 Å². The number of fused-ring (bicyclic) bond motifs is 1. The van der Waals surface area contributed by atoms with E-state index in [0.717, 1.165) is 24.5 Å². The Kier molecular flexibility index (Phi) is 3.50. The first-order chi connectivity index (χ1) is 9.19. The number of Topliss-reactive ketones (excluding diaryl/α,β-unsaturated/α-hetero) is 1. The van der Waals surface area contributed by atoms with Crippen LogP contribution in [-0.4, -0.2) is 42.9 Å². The molecule has 0 spiro atoms. The van der Waals surface area contributed by atoms with Crippen LogP contribution in [0, 0.1) is 0 Å². The minimum absolute atomic E-state index is 0.160. The van der Waals surface area contributed by atoms with E-state index in [1.54, 1.807) is 11.3 Å². The van der Waals surface area contributed by atoms with Crippen LogP contribution < -0.4 is 10.6 Å². The van der Waals surface area contributed by atoms with Crippen molar-refractivity contribution in [2.75, 3.05) is 36.8 Å². The van der Waals surface area contributed by atoms with E-state index in [1.807, 2.05) is 13.0 Å². The summed E-state index contributed by atoms with van der Waals surface area (Å²) >= 11 is 1.57. The standard InChI is InChI=1S/C14H21N3OS/c1-2-12(18)14-11(15)8-13(19-14)17-7-6-16-5-3-4-10(16)9-17/h8,10H,2-7,9,15H2,1H3. The molecule has 0 bridgehead atoms. The van der Waals surface area contributed by atoms with Crippen molar-refractivity contribution in [1.29, 1.82) is 0 Å². The zero-order valence-electron chi connectivity index (χ0n) is 11.4. The number of ketones is 1. The third-order valence-corrected chi connectivity index (χ3v) is 5.47. The number of hydrogen-bond acceptors (Lipinski definition) is 5. The van der Waals surface area contributed by atoms with Crippen molar-refractivity contribution < 1.29 is 4.79 Å². The molecule has 19 heavy (non-hydrogen) atoms. The van der Waals surface area contributed by atoms with Gasteiger partial charge >= 0.3 is 0 Å². The minimum atomic E-state index is 0.160. The number of nitrogens with zero attached hydrogens (tertiary/aromatic N) is 2. The Balaban J connectivity index is 1.77. The van der Waals surface area contributed by atoms with E-state index in [2.05, 4.69) is 9.80 Å². The molecular weight excluding hydrogens is 258 g/mol. The second-order valence-corrected chi connectivity index (χ2v) is 6.45. The molecule has 0 aliphatic carbocycles. The van der Waals surface area contributed by atoms with Gasteiger partial charge in [-0.2, -0.15) is 0 Å². The fraction of sp³-hybridized carbons (Fsp3) is 0.643. The molecule has 4 nitrogen and oxygen atoms in total. The summed E-state index contributed by atoms with van der Waals surface area (Å²) in [5, 5.41) is 1.17. The van der Waals surface area contributed by atoms with Gasteiger partial charge in [0.05, 0.1) is 15.6 Å². The van der Waals surface area contributed by atoms with E-state index < -0.39 is 0 Å². The van der Waals surface area contributed by atoms with Gasteiger partial charge in [-0.3, -0.25) is 9.69 Å². The van der Waals surface area contributed by atoms with E-state index in [1.165, 1.54) is 24.4 Å². The Hall–Kier alpha value is -1.07. The number of thiophene rings is 1. The maximum absolute atomic E-state index is 11.8. The average molecular weight is 279 g/mol. The summed E-state index contributed by atoms with van der Waals surface area (Å²) in [6.07, 6.45) is 3.16. The number of nitrogens with two attached hydrogens (primary N) is 1. The molecule has 2 aliphatic rings. The lowest BCUT2D eigenvalue weighted by Gasteiger charge is -2.38. The number of anilines is 2. The average Bonchev–Trinajstić information content (AvgIpc) is 3.03. The highest BCUT2D eigenvalue weighted by atomic mass is 32.1. The molecule has 2 aliphatic heterocycles. The smallest absolute Gasteiger partial charge is 0.174 e. The van der Waals surface area contributed by atoms with E-state index in [0.29, 0.717) is 18.2 Å². The van der Waals surface area contributed by atoms with Gasteiger partial charge in [0.15, 0.2) is 5.78 Å². The lowest BCUT2D eigenvalue weighted by atomic mass is 10.1. The summed E-state index contributed by atoms with van der Waals surface area (Å²) in [5.41, 5.74) is 6.64. The van der Waals surface area contributed by atoms with Crippen LogP contribution in [0.3, 0.4) is 0 Å². The number of rotatable bonds is 3. The summed E-state index contributed by atoms with van der Waals surface area (Å²) in [6, 6.07) is 2.68. The molecule has 1 atom stereocenters. The third-order valence-electron chi connectivity index (χ3n) is 4.22. The number of nitrogen functional groups attached to an aromatic ring is 1. The van der Waals surface area contributed by atoms with E-state index >= 15 is 0 Å². The minimum Gasteiger partial charge on any atom is -0.397 e. The maximum Gasteiger partial charge on any atom is 0.174 e. The molecule has 0 amide bonds. The van der Waals surface area contributed by atoms with Crippen LogP contribution in [0.5, 0.6) is 0 Å². The highest BCUT2D eigenvalue weighted by Crippen LogP contribution is 2.35. The monoisotopic (exact) mass is 279 g/mol. The van der Waals surface area contributed by atoms with Gasteiger partial charge in [0.25, 0.3) is 0 Å². The zero-order chi connectivity index (χ0) is 13.4. The molecule has 2 saturated heterocycles. The molecule has 0 aromatic carbocycles. The molecule has 1 aromatic heterocycles. The van der Waals surface area contributed by atoms with E-state index in [4.69, 9.17) is 5.73 Å². The van der Waals surface area contributed by atoms with Crippen molar-refractivity contribution in [3.05, 3.63) is 10.9 Å². The number of carbonyl (C=O) groups is 1.